The molecule has 0 atom stereocenters. The van der Waals surface area contributed by atoms with E-state index in [0.717, 1.165) is 6.07 Å². The standard InChI is InChI=1S/C18H17F4N5O/c1-11-9-16(18(20,21)22)26-27(11)8-2-7-23-17(28)15-10-14(24-25-15)12-3-5-13(19)6-4-12/h3-6,9-10H,2,7-8H2,1H3,(H,23,28)(H,24,25). The summed E-state index contributed by atoms with van der Waals surface area (Å²) in [4.78, 5) is 12.1. The van der Waals surface area contributed by atoms with Crippen LogP contribution in [0, 0.1) is 12.7 Å². The number of halogens is 4. The molecule has 0 bridgehead atoms. The molecule has 1 amide bonds. The van der Waals surface area contributed by atoms with E-state index >= 15 is 0 Å². The molecular weight excluding hydrogens is 378 g/mol. The molecule has 0 aliphatic carbocycles. The minimum Gasteiger partial charge on any atom is -0.351 e. The average Bonchev–Trinajstić information content (AvgIpc) is 3.26. The summed E-state index contributed by atoms with van der Waals surface area (Å²) in [7, 11) is 0. The van der Waals surface area contributed by atoms with Gasteiger partial charge in [-0.1, -0.05) is 0 Å². The van der Waals surface area contributed by atoms with Crippen molar-refractivity contribution < 1.29 is 22.4 Å². The van der Waals surface area contributed by atoms with Gasteiger partial charge in [0.05, 0.1) is 5.69 Å². The molecule has 0 fully saturated rings. The summed E-state index contributed by atoms with van der Waals surface area (Å²) in [6.45, 7) is 2.04. The number of carbonyl (C=O) groups excluding carboxylic acids is 1. The van der Waals surface area contributed by atoms with E-state index in [0.29, 0.717) is 23.4 Å². The second-order valence-electron chi connectivity index (χ2n) is 6.18. The molecule has 10 heteroatoms. The number of H-pyrrole nitrogens is 1. The van der Waals surface area contributed by atoms with Crippen molar-refractivity contribution in [2.45, 2.75) is 26.1 Å². The van der Waals surface area contributed by atoms with E-state index in [9.17, 15) is 22.4 Å². The number of amides is 1. The first-order valence-electron chi connectivity index (χ1n) is 8.45. The van der Waals surface area contributed by atoms with Crippen LogP contribution >= 0.6 is 0 Å². The molecule has 0 aliphatic heterocycles. The maximum absolute atomic E-state index is 13.0. The Morgan fingerprint density at radius 2 is 1.93 bits per heavy atom. The highest BCUT2D eigenvalue weighted by atomic mass is 19.4. The van der Waals surface area contributed by atoms with Crippen molar-refractivity contribution in [3.8, 4) is 11.3 Å². The van der Waals surface area contributed by atoms with Crippen LogP contribution in [-0.2, 0) is 12.7 Å². The molecular formula is C18H17F4N5O. The van der Waals surface area contributed by atoms with Crippen molar-refractivity contribution in [2.24, 2.45) is 0 Å². The number of alkyl halides is 3. The zero-order valence-corrected chi connectivity index (χ0v) is 14.8. The van der Waals surface area contributed by atoms with Crippen LogP contribution < -0.4 is 5.32 Å². The number of hydrogen-bond acceptors (Lipinski definition) is 3. The molecule has 0 spiro atoms. The molecule has 3 aromatic rings. The van der Waals surface area contributed by atoms with Gasteiger partial charge in [0.2, 0.25) is 0 Å². The van der Waals surface area contributed by atoms with Gasteiger partial charge < -0.3 is 5.32 Å². The Labute approximate surface area is 157 Å². The van der Waals surface area contributed by atoms with E-state index < -0.39 is 17.8 Å². The molecule has 28 heavy (non-hydrogen) atoms. The van der Waals surface area contributed by atoms with Crippen LogP contribution in [0.25, 0.3) is 11.3 Å². The van der Waals surface area contributed by atoms with Gasteiger partial charge in [-0.05, 0) is 49.7 Å². The second-order valence-corrected chi connectivity index (χ2v) is 6.18. The van der Waals surface area contributed by atoms with Crippen LogP contribution in [-0.4, -0.2) is 32.4 Å². The van der Waals surface area contributed by atoms with E-state index in [1.54, 1.807) is 19.1 Å². The number of hydrogen-bond donors (Lipinski definition) is 2. The molecule has 148 valence electrons. The zero-order chi connectivity index (χ0) is 20.3. The molecule has 3 rings (SSSR count). The summed E-state index contributed by atoms with van der Waals surface area (Å²) in [5, 5.41) is 12.8. The molecule has 0 saturated heterocycles. The third-order valence-corrected chi connectivity index (χ3v) is 4.07. The van der Waals surface area contributed by atoms with Crippen molar-refractivity contribution in [3.63, 3.8) is 0 Å². The SMILES string of the molecule is Cc1cc(C(F)(F)F)nn1CCCNC(=O)c1cc(-c2ccc(F)cc2)n[nH]1. The van der Waals surface area contributed by atoms with E-state index in [4.69, 9.17) is 0 Å². The molecule has 0 radical (unpaired) electrons. The molecule has 0 unspecified atom stereocenters. The van der Waals surface area contributed by atoms with Gasteiger partial charge in [0.15, 0.2) is 5.69 Å². The number of aryl methyl sites for hydroxylation is 2. The fourth-order valence-electron chi connectivity index (χ4n) is 2.61. The predicted octanol–water partition coefficient (Wildman–Crippen LogP) is 3.56. The van der Waals surface area contributed by atoms with Crippen LogP contribution in [0.2, 0.25) is 0 Å². The maximum atomic E-state index is 13.0. The predicted molar refractivity (Wildman–Crippen MR) is 92.9 cm³/mol. The van der Waals surface area contributed by atoms with Crippen LogP contribution in [0.5, 0.6) is 0 Å². The van der Waals surface area contributed by atoms with Crippen molar-refractivity contribution in [2.75, 3.05) is 6.54 Å². The first-order chi connectivity index (χ1) is 13.2. The average molecular weight is 395 g/mol. The van der Waals surface area contributed by atoms with Crippen LogP contribution in [0.3, 0.4) is 0 Å². The van der Waals surface area contributed by atoms with Crippen molar-refractivity contribution in [3.05, 3.63) is 59.3 Å². The monoisotopic (exact) mass is 395 g/mol. The first kappa shape index (κ1) is 19.6. The lowest BCUT2D eigenvalue weighted by molar-refractivity contribution is -0.141. The molecule has 0 saturated carbocycles. The molecule has 2 aromatic heterocycles. The summed E-state index contributed by atoms with van der Waals surface area (Å²) < 4.78 is 52.2. The van der Waals surface area contributed by atoms with Crippen molar-refractivity contribution in [1.29, 1.82) is 0 Å². The topological polar surface area (TPSA) is 75.6 Å². The van der Waals surface area contributed by atoms with Crippen molar-refractivity contribution in [1.82, 2.24) is 25.3 Å². The maximum Gasteiger partial charge on any atom is 0.435 e. The fourth-order valence-corrected chi connectivity index (χ4v) is 2.61. The van der Waals surface area contributed by atoms with Gasteiger partial charge >= 0.3 is 6.18 Å². The molecule has 2 N–H and O–H groups in total. The minimum absolute atomic E-state index is 0.231. The minimum atomic E-state index is -4.48. The summed E-state index contributed by atoms with van der Waals surface area (Å²) in [5.74, 6) is -0.763. The van der Waals surface area contributed by atoms with Gasteiger partial charge in [0, 0.05) is 24.3 Å². The fraction of sp³-hybridized carbons (Fsp3) is 0.278. The van der Waals surface area contributed by atoms with E-state index in [1.165, 1.54) is 22.9 Å². The Bertz CT molecular complexity index is 959. The Balaban J connectivity index is 1.51. The molecule has 1 aromatic carbocycles. The number of aromatic amines is 1. The lowest BCUT2D eigenvalue weighted by Gasteiger charge is -2.06. The summed E-state index contributed by atoms with van der Waals surface area (Å²) in [6, 6.07) is 8.22. The Kier molecular flexibility index (Phi) is 5.48. The van der Waals surface area contributed by atoms with E-state index in [2.05, 4.69) is 20.6 Å². The van der Waals surface area contributed by atoms with Gasteiger partial charge in [-0.25, -0.2) is 4.39 Å². The number of rotatable bonds is 6. The quantitative estimate of drug-likeness (QED) is 0.495. The highest BCUT2D eigenvalue weighted by Crippen LogP contribution is 2.28. The van der Waals surface area contributed by atoms with Gasteiger partial charge in [-0.2, -0.15) is 23.4 Å². The number of benzene rings is 1. The smallest absolute Gasteiger partial charge is 0.351 e. The van der Waals surface area contributed by atoms with Gasteiger partial charge in [0.1, 0.15) is 11.5 Å². The van der Waals surface area contributed by atoms with Crippen molar-refractivity contribution >= 4 is 5.91 Å². The highest BCUT2D eigenvalue weighted by Gasteiger charge is 2.34. The second kappa shape index (κ2) is 7.83. The Morgan fingerprint density at radius 1 is 1.21 bits per heavy atom. The van der Waals surface area contributed by atoms with Gasteiger partial charge in [-0.3, -0.25) is 14.6 Å². The lowest BCUT2D eigenvalue weighted by Crippen LogP contribution is -2.25. The molecule has 6 nitrogen and oxygen atoms in total. The molecule has 0 aliphatic rings. The van der Waals surface area contributed by atoms with Crippen LogP contribution in [0.15, 0.2) is 36.4 Å². The van der Waals surface area contributed by atoms with E-state index in [-0.39, 0.29) is 24.6 Å². The molecule has 2 heterocycles. The first-order valence-corrected chi connectivity index (χ1v) is 8.45. The Hall–Kier alpha value is -3.17. The normalized spacial score (nSPS) is 11.6. The number of nitrogens with one attached hydrogen (secondary N) is 2. The summed E-state index contributed by atoms with van der Waals surface area (Å²) >= 11 is 0. The number of aromatic nitrogens is 4. The third kappa shape index (κ3) is 4.56. The van der Waals surface area contributed by atoms with E-state index in [1.807, 2.05) is 0 Å². The van der Waals surface area contributed by atoms with Crippen LogP contribution in [0.1, 0.15) is 28.3 Å². The number of nitrogens with zero attached hydrogens (tertiary/aromatic N) is 3. The Morgan fingerprint density at radius 3 is 2.57 bits per heavy atom. The van der Waals surface area contributed by atoms with Gasteiger partial charge in [0.25, 0.3) is 5.91 Å². The largest absolute Gasteiger partial charge is 0.435 e. The third-order valence-electron chi connectivity index (χ3n) is 4.07. The summed E-state index contributed by atoms with van der Waals surface area (Å²) in [6.07, 6.45) is -4.07. The zero-order valence-electron chi connectivity index (χ0n) is 14.8. The highest BCUT2D eigenvalue weighted by molar-refractivity contribution is 5.93. The lowest BCUT2D eigenvalue weighted by atomic mass is 10.1. The number of carbonyl (C=O) groups is 1. The summed E-state index contributed by atoms with van der Waals surface area (Å²) in [5.41, 5.74) is 0.855. The van der Waals surface area contributed by atoms with Gasteiger partial charge in [-0.15, -0.1) is 0 Å². The van der Waals surface area contributed by atoms with Crippen LogP contribution in [0.4, 0.5) is 17.6 Å².